The van der Waals surface area contributed by atoms with Gasteiger partial charge in [-0.3, -0.25) is 0 Å². The fourth-order valence-electron chi connectivity index (χ4n) is 1.85. The molecule has 2 unspecified atom stereocenters. The van der Waals surface area contributed by atoms with Crippen molar-refractivity contribution in [3.8, 4) is 0 Å². The van der Waals surface area contributed by atoms with Crippen LogP contribution in [-0.4, -0.2) is 47.0 Å². The normalized spacial score (nSPS) is 24.6. The van der Waals surface area contributed by atoms with Gasteiger partial charge in [0.25, 0.3) is 0 Å². The Hall–Kier alpha value is -1.41. The fourth-order valence-corrected chi connectivity index (χ4v) is 1.85. The molecule has 19 heavy (non-hydrogen) atoms. The number of hydrogen-bond acceptors (Lipinski definition) is 5. The van der Waals surface area contributed by atoms with Crippen LogP contribution in [0, 0.1) is 0 Å². The highest BCUT2D eigenvalue weighted by atomic mass is 19.4. The monoisotopic (exact) mass is 277 g/mol. The first-order chi connectivity index (χ1) is 8.91. The molecule has 1 N–H and O–H groups in total. The van der Waals surface area contributed by atoms with E-state index in [1.54, 1.807) is 11.8 Å². The molecule has 106 valence electrons. The number of nitrogens with zero attached hydrogens (tertiary/aromatic N) is 3. The van der Waals surface area contributed by atoms with Gasteiger partial charge >= 0.3 is 6.18 Å². The summed E-state index contributed by atoms with van der Waals surface area (Å²) in [6.45, 7) is 2.18. The summed E-state index contributed by atoms with van der Waals surface area (Å²) < 4.78 is 43.1. The molecule has 0 aromatic carbocycles. The molecule has 0 amide bonds. The lowest BCUT2D eigenvalue weighted by atomic mass is 10.2. The van der Waals surface area contributed by atoms with Gasteiger partial charge in [0.05, 0.1) is 25.4 Å². The van der Waals surface area contributed by atoms with Gasteiger partial charge in [0.15, 0.2) is 0 Å². The van der Waals surface area contributed by atoms with Crippen molar-refractivity contribution >= 4 is 5.95 Å². The van der Waals surface area contributed by atoms with E-state index >= 15 is 0 Å². The molecule has 1 aromatic rings. The number of anilines is 1. The van der Waals surface area contributed by atoms with Gasteiger partial charge in [0, 0.05) is 12.7 Å². The SMILES string of the molecule is CC1COC(CO)CN1c1nccc(C(F)(F)F)n1. The van der Waals surface area contributed by atoms with Crippen molar-refractivity contribution in [1.82, 2.24) is 9.97 Å². The molecule has 0 saturated carbocycles. The molecule has 0 aliphatic carbocycles. The third-order valence-corrected chi connectivity index (χ3v) is 2.90. The second-order valence-corrected chi connectivity index (χ2v) is 4.38. The molecule has 8 heteroatoms. The molecular weight excluding hydrogens is 263 g/mol. The molecule has 0 bridgehead atoms. The van der Waals surface area contributed by atoms with Gasteiger partial charge in [-0.2, -0.15) is 13.2 Å². The summed E-state index contributed by atoms with van der Waals surface area (Å²) in [4.78, 5) is 9.02. The molecule has 1 aliphatic heterocycles. The summed E-state index contributed by atoms with van der Waals surface area (Å²) in [6, 6.07) is 0.685. The highest BCUT2D eigenvalue weighted by molar-refractivity contribution is 5.33. The first-order valence-corrected chi connectivity index (χ1v) is 5.81. The number of halogens is 3. The van der Waals surface area contributed by atoms with Crippen LogP contribution in [0.25, 0.3) is 0 Å². The smallest absolute Gasteiger partial charge is 0.394 e. The second kappa shape index (κ2) is 5.30. The fraction of sp³-hybridized carbons (Fsp3) is 0.636. The molecule has 1 aromatic heterocycles. The Bertz CT molecular complexity index is 441. The molecule has 0 radical (unpaired) electrons. The molecule has 0 spiro atoms. The number of aliphatic hydroxyl groups is 1. The van der Waals surface area contributed by atoms with E-state index < -0.39 is 18.0 Å². The number of aliphatic hydroxyl groups excluding tert-OH is 1. The minimum Gasteiger partial charge on any atom is -0.394 e. The van der Waals surface area contributed by atoms with Crippen molar-refractivity contribution in [2.24, 2.45) is 0 Å². The predicted octanol–water partition coefficient (Wildman–Crippen LogP) is 1.08. The maximum absolute atomic E-state index is 12.6. The maximum atomic E-state index is 12.6. The number of aromatic nitrogens is 2. The Morgan fingerprint density at radius 3 is 2.89 bits per heavy atom. The summed E-state index contributed by atoms with van der Waals surface area (Å²) in [7, 11) is 0. The van der Waals surface area contributed by atoms with E-state index in [4.69, 9.17) is 9.84 Å². The minimum absolute atomic E-state index is 0.00377. The van der Waals surface area contributed by atoms with Gasteiger partial charge in [-0.15, -0.1) is 0 Å². The van der Waals surface area contributed by atoms with Gasteiger partial charge in [-0.05, 0) is 13.0 Å². The second-order valence-electron chi connectivity index (χ2n) is 4.38. The van der Waals surface area contributed by atoms with E-state index in [-0.39, 0.29) is 25.1 Å². The van der Waals surface area contributed by atoms with Gasteiger partial charge in [0.1, 0.15) is 5.69 Å². The minimum atomic E-state index is -4.50. The first kappa shape index (κ1) is 14.0. The zero-order chi connectivity index (χ0) is 14.0. The topological polar surface area (TPSA) is 58.5 Å². The van der Waals surface area contributed by atoms with Crippen LogP contribution in [-0.2, 0) is 10.9 Å². The summed E-state index contributed by atoms with van der Waals surface area (Å²) >= 11 is 0. The van der Waals surface area contributed by atoms with Crippen LogP contribution in [0.3, 0.4) is 0 Å². The summed E-state index contributed by atoms with van der Waals surface area (Å²) in [6.07, 6.45) is -3.85. The number of hydrogen-bond donors (Lipinski definition) is 1. The first-order valence-electron chi connectivity index (χ1n) is 5.81. The lowest BCUT2D eigenvalue weighted by Gasteiger charge is -2.37. The van der Waals surface area contributed by atoms with E-state index in [9.17, 15) is 13.2 Å². The van der Waals surface area contributed by atoms with Crippen molar-refractivity contribution in [3.05, 3.63) is 18.0 Å². The van der Waals surface area contributed by atoms with Crippen molar-refractivity contribution in [3.63, 3.8) is 0 Å². The highest BCUT2D eigenvalue weighted by Gasteiger charge is 2.34. The third kappa shape index (κ3) is 3.13. The van der Waals surface area contributed by atoms with Crippen molar-refractivity contribution < 1.29 is 23.0 Å². The Morgan fingerprint density at radius 2 is 2.26 bits per heavy atom. The van der Waals surface area contributed by atoms with Crippen LogP contribution in [0.2, 0.25) is 0 Å². The molecule has 1 aliphatic rings. The van der Waals surface area contributed by atoms with E-state index in [1.807, 2.05) is 0 Å². The Balaban J connectivity index is 2.25. The molecule has 2 heterocycles. The molecule has 1 fully saturated rings. The maximum Gasteiger partial charge on any atom is 0.433 e. The van der Waals surface area contributed by atoms with E-state index in [0.29, 0.717) is 6.61 Å². The third-order valence-electron chi connectivity index (χ3n) is 2.90. The van der Waals surface area contributed by atoms with E-state index in [0.717, 1.165) is 12.3 Å². The van der Waals surface area contributed by atoms with Gasteiger partial charge in [-0.1, -0.05) is 0 Å². The molecule has 5 nitrogen and oxygen atoms in total. The number of ether oxygens (including phenoxy) is 1. The lowest BCUT2D eigenvalue weighted by molar-refractivity contribution is -0.141. The molecule has 1 saturated heterocycles. The Labute approximate surface area is 108 Å². The summed E-state index contributed by atoms with van der Waals surface area (Å²) in [5, 5.41) is 9.05. The standard InChI is InChI=1S/C11H14F3N3O2/c1-7-6-19-8(5-18)4-17(7)10-15-3-2-9(16-10)11(12,13)14/h2-3,7-8,18H,4-6H2,1H3. The quantitative estimate of drug-likeness (QED) is 0.876. The van der Waals surface area contributed by atoms with Crippen LogP contribution in [0.4, 0.5) is 19.1 Å². The predicted molar refractivity (Wildman–Crippen MR) is 60.7 cm³/mol. The average Bonchev–Trinajstić information content (AvgIpc) is 2.38. The van der Waals surface area contributed by atoms with Crippen LogP contribution in [0.15, 0.2) is 12.3 Å². The van der Waals surface area contributed by atoms with Crippen LogP contribution < -0.4 is 4.90 Å². The van der Waals surface area contributed by atoms with Crippen molar-refractivity contribution in [2.75, 3.05) is 24.7 Å². The van der Waals surface area contributed by atoms with Crippen LogP contribution >= 0.6 is 0 Å². The van der Waals surface area contributed by atoms with Crippen molar-refractivity contribution in [1.29, 1.82) is 0 Å². The van der Waals surface area contributed by atoms with Crippen molar-refractivity contribution in [2.45, 2.75) is 25.2 Å². The van der Waals surface area contributed by atoms with E-state index in [2.05, 4.69) is 9.97 Å². The number of rotatable bonds is 2. The zero-order valence-corrected chi connectivity index (χ0v) is 10.3. The molecule has 2 rings (SSSR count). The van der Waals surface area contributed by atoms with Gasteiger partial charge in [-0.25, -0.2) is 9.97 Å². The van der Waals surface area contributed by atoms with E-state index in [1.165, 1.54) is 0 Å². The van der Waals surface area contributed by atoms with Crippen LogP contribution in [0.1, 0.15) is 12.6 Å². The number of alkyl halides is 3. The van der Waals surface area contributed by atoms with Gasteiger partial charge < -0.3 is 14.7 Å². The Kier molecular flexibility index (Phi) is 3.91. The summed E-state index contributed by atoms with van der Waals surface area (Å²) in [5.74, 6) is 0.00377. The average molecular weight is 277 g/mol. The lowest BCUT2D eigenvalue weighted by Crippen LogP contribution is -2.50. The largest absolute Gasteiger partial charge is 0.433 e. The van der Waals surface area contributed by atoms with Gasteiger partial charge in [0.2, 0.25) is 5.95 Å². The van der Waals surface area contributed by atoms with Crippen LogP contribution in [0.5, 0.6) is 0 Å². The summed E-state index contributed by atoms with van der Waals surface area (Å²) in [5.41, 5.74) is -0.975. The highest BCUT2D eigenvalue weighted by Crippen LogP contribution is 2.28. The molecular formula is C11H14F3N3O2. The number of morpholine rings is 1. The zero-order valence-electron chi connectivity index (χ0n) is 10.3. The Morgan fingerprint density at radius 1 is 1.53 bits per heavy atom. The molecule has 2 atom stereocenters.